The maximum atomic E-state index is 11.4. The van der Waals surface area contributed by atoms with Crippen LogP contribution in [0.25, 0.3) is 0 Å². The van der Waals surface area contributed by atoms with Gasteiger partial charge in [-0.05, 0) is 18.6 Å². The van der Waals surface area contributed by atoms with Gasteiger partial charge in [-0.15, -0.1) is 0 Å². The quantitative estimate of drug-likeness (QED) is 0.756. The summed E-state index contributed by atoms with van der Waals surface area (Å²) in [5.41, 5.74) is 5.60. The molecule has 1 aromatic heterocycles. The molecule has 0 bridgehead atoms. The predicted octanol–water partition coefficient (Wildman–Crippen LogP) is 0.382. The number of nitrogens with zero attached hydrogens (tertiary/aromatic N) is 1. The van der Waals surface area contributed by atoms with Crippen molar-refractivity contribution in [2.75, 3.05) is 13.1 Å². The van der Waals surface area contributed by atoms with Gasteiger partial charge in [-0.2, -0.15) is 0 Å². The minimum absolute atomic E-state index is 0.0663. The van der Waals surface area contributed by atoms with Crippen molar-refractivity contribution in [1.82, 2.24) is 4.90 Å². The lowest BCUT2D eigenvalue weighted by molar-refractivity contribution is -0.128. The molecule has 0 spiro atoms. The Kier molecular flexibility index (Phi) is 2.54. The van der Waals surface area contributed by atoms with Crippen molar-refractivity contribution in [1.29, 1.82) is 0 Å². The fraction of sp³-hybridized carbons (Fsp3) is 0.500. The van der Waals surface area contributed by atoms with E-state index in [4.69, 9.17) is 10.2 Å². The maximum absolute atomic E-state index is 11.4. The molecule has 0 aromatic carbocycles. The third-order valence-electron chi connectivity index (χ3n) is 2.55. The molecule has 1 amide bonds. The molecule has 1 aliphatic heterocycles. The molecule has 2 N–H and O–H groups in total. The summed E-state index contributed by atoms with van der Waals surface area (Å²) < 4.78 is 5.19. The highest BCUT2D eigenvalue weighted by Gasteiger charge is 2.27. The van der Waals surface area contributed by atoms with Gasteiger partial charge in [0.05, 0.1) is 12.3 Å². The van der Waals surface area contributed by atoms with E-state index in [0.29, 0.717) is 6.54 Å². The van der Waals surface area contributed by atoms with Crippen molar-refractivity contribution in [2.45, 2.75) is 18.9 Å². The first-order chi connectivity index (χ1) is 6.77. The normalized spacial score (nSPS) is 21.9. The highest BCUT2D eigenvalue weighted by atomic mass is 16.3. The fourth-order valence-corrected chi connectivity index (χ4v) is 1.69. The van der Waals surface area contributed by atoms with Crippen LogP contribution in [0.4, 0.5) is 0 Å². The summed E-state index contributed by atoms with van der Waals surface area (Å²) in [6.45, 7) is 1.49. The van der Waals surface area contributed by atoms with Gasteiger partial charge in [0, 0.05) is 19.5 Å². The molecular formula is C10H14N2O2. The van der Waals surface area contributed by atoms with Gasteiger partial charge in [0.1, 0.15) is 5.76 Å². The molecule has 14 heavy (non-hydrogen) atoms. The molecule has 2 heterocycles. The van der Waals surface area contributed by atoms with Crippen LogP contribution in [0.2, 0.25) is 0 Å². The van der Waals surface area contributed by atoms with E-state index in [1.807, 2.05) is 12.1 Å². The van der Waals surface area contributed by atoms with Gasteiger partial charge in [-0.3, -0.25) is 4.79 Å². The molecule has 1 fully saturated rings. The molecular weight excluding hydrogens is 180 g/mol. The largest absolute Gasteiger partial charge is 0.469 e. The Hall–Kier alpha value is -1.29. The van der Waals surface area contributed by atoms with E-state index in [0.717, 1.165) is 25.1 Å². The first kappa shape index (κ1) is 9.27. The summed E-state index contributed by atoms with van der Waals surface area (Å²) >= 11 is 0. The van der Waals surface area contributed by atoms with Crippen LogP contribution in [0.5, 0.6) is 0 Å². The Morgan fingerprint density at radius 2 is 2.50 bits per heavy atom. The molecule has 0 saturated carbocycles. The third kappa shape index (κ3) is 1.80. The average molecular weight is 194 g/mol. The van der Waals surface area contributed by atoms with Crippen molar-refractivity contribution < 1.29 is 9.21 Å². The zero-order valence-electron chi connectivity index (χ0n) is 7.98. The van der Waals surface area contributed by atoms with E-state index < -0.39 is 0 Å². The first-order valence-electron chi connectivity index (χ1n) is 4.84. The number of likely N-dealkylation sites (tertiary alicyclic amines) is 1. The molecule has 1 aromatic rings. The van der Waals surface area contributed by atoms with Gasteiger partial charge >= 0.3 is 0 Å². The Balaban J connectivity index is 1.84. The lowest BCUT2D eigenvalue weighted by Crippen LogP contribution is -2.35. The standard InChI is InChI=1S/C10H14N2O2/c11-9-4-6-12(10(9)13)5-3-8-2-1-7-14-8/h1-2,7,9H,3-6,11H2. The van der Waals surface area contributed by atoms with E-state index in [2.05, 4.69) is 0 Å². The molecule has 4 nitrogen and oxygen atoms in total. The van der Waals surface area contributed by atoms with E-state index in [-0.39, 0.29) is 11.9 Å². The molecule has 0 aliphatic carbocycles. The highest BCUT2D eigenvalue weighted by molar-refractivity contribution is 5.83. The second kappa shape index (κ2) is 3.84. The molecule has 0 radical (unpaired) electrons. The average Bonchev–Trinajstić information content (AvgIpc) is 2.77. The molecule has 1 atom stereocenters. The summed E-state index contributed by atoms with van der Waals surface area (Å²) in [6.07, 6.45) is 3.19. The topological polar surface area (TPSA) is 59.5 Å². The van der Waals surface area contributed by atoms with Crippen molar-refractivity contribution in [3.8, 4) is 0 Å². The number of hydrogen-bond acceptors (Lipinski definition) is 3. The Bertz CT molecular complexity index is 308. The number of hydrogen-bond donors (Lipinski definition) is 1. The second-order valence-corrected chi connectivity index (χ2v) is 3.55. The van der Waals surface area contributed by atoms with Crippen molar-refractivity contribution in [3.05, 3.63) is 24.2 Å². The molecule has 1 aliphatic rings. The number of nitrogens with two attached hydrogens (primary N) is 1. The lowest BCUT2D eigenvalue weighted by atomic mass is 10.3. The van der Waals surface area contributed by atoms with Crippen molar-refractivity contribution in [2.24, 2.45) is 5.73 Å². The number of rotatable bonds is 3. The molecule has 1 unspecified atom stereocenters. The third-order valence-corrected chi connectivity index (χ3v) is 2.55. The number of carbonyl (C=O) groups is 1. The van der Waals surface area contributed by atoms with Crippen molar-refractivity contribution >= 4 is 5.91 Å². The highest BCUT2D eigenvalue weighted by Crippen LogP contribution is 2.10. The van der Waals surface area contributed by atoms with Gasteiger partial charge in [-0.25, -0.2) is 0 Å². The monoisotopic (exact) mass is 194 g/mol. The van der Waals surface area contributed by atoms with Gasteiger partial charge < -0.3 is 15.1 Å². The first-order valence-corrected chi connectivity index (χ1v) is 4.84. The van der Waals surface area contributed by atoms with Crippen LogP contribution in [0, 0.1) is 0 Å². The number of carbonyl (C=O) groups excluding carboxylic acids is 1. The Labute approximate surface area is 82.7 Å². The minimum Gasteiger partial charge on any atom is -0.469 e. The number of amides is 1. The van der Waals surface area contributed by atoms with Crippen LogP contribution in [0.15, 0.2) is 22.8 Å². The Morgan fingerprint density at radius 3 is 3.07 bits per heavy atom. The van der Waals surface area contributed by atoms with Crippen LogP contribution >= 0.6 is 0 Å². The lowest BCUT2D eigenvalue weighted by Gasteiger charge is -2.14. The van der Waals surface area contributed by atoms with Gasteiger partial charge in [0.2, 0.25) is 5.91 Å². The SMILES string of the molecule is NC1CCN(CCc2ccco2)C1=O. The zero-order valence-corrected chi connectivity index (χ0v) is 7.98. The van der Waals surface area contributed by atoms with Crippen LogP contribution in [0.3, 0.4) is 0 Å². The second-order valence-electron chi connectivity index (χ2n) is 3.55. The van der Waals surface area contributed by atoms with Gasteiger partial charge in [0.25, 0.3) is 0 Å². The maximum Gasteiger partial charge on any atom is 0.239 e. The summed E-state index contributed by atoms with van der Waals surface area (Å²) in [6, 6.07) is 3.49. The summed E-state index contributed by atoms with van der Waals surface area (Å²) in [4.78, 5) is 13.2. The minimum atomic E-state index is -0.286. The van der Waals surface area contributed by atoms with Crippen LogP contribution in [0.1, 0.15) is 12.2 Å². The predicted molar refractivity (Wildman–Crippen MR) is 51.6 cm³/mol. The zero-order chi connectivity index (χ0) is 9.97. The molecule has 2 rings (SSSR count). The fourth-order valence-electron chi connectivity index (χ4n) is 1.69. The summed E-state index contributed by atoms with van der Waals surface area (Å²) in [7, 11) is 0. The number of furan rings is 1. The Morgan fingerprint density at radius 1 is 1.64 bits per heavy atom. The van der Waals surface area contributed by atoms with E-state index >= 15 is 0 Å². The van der Waals surface area contributed by atoms with Gasteiger partial charge in [0.15, 0.2) is 0 Å². The van der Waals surface area contributed by atoms with Crippen molar-refractivity contribution in [3.63, 3.8) is 0 Å². The van der Waals surface area contributed by atoms with Gasteiger partial charge in [-0.1, -0.05) is 0 Å². The van der Waals surface area contributed by atoms with E-state index in [1.165, 1.54) is 0 Å². The van der Waals surface area contributed by atoms with Crippen LogP contribution in [-0.4, -0.2) is 29.9 Å². The van der Waals surface area contributed by atoms with E-state index in [1.54, 1.807) is 11.2 Å². The molecule has 1 saturated heterocycles. The summed E-state index contributed by atoms with van der Waals surface area (Å²) in [5, 5.41) is 0. The molecule has 76 valence electrons. The smallest absolute Gasteiger partial charge is 0.239 e. The van der Waals surface area contributed by atoms with Crippen LogP contribution < -0.4 is 5.73 Å². The van der Waals surface area contributed by atoms with Crippen LogP contribution in [-0.2, 0) is 11.2 Å². The summed E-state index contributed by atoms with van der Waals surface area (Å²) in [5.74, 6) is 0.981. The van der Waals surface area contributed by atoms with E-state index in [9.17, 15) is 4.79 Å². The molecule has 4 heteroatoms.